The second-order valence-electron chi connectivity index (χ2n) is 7.57. The molecule has 1 heterocycles. The van der Waals surface area contributed by atoms with Gasteiger partial charge in [0.15, 0.2) is 0 Å². The summed E-state index contributed by atoms with van der Waals surface area (Å²) in [7, 11) is 0. The quantitative estimate of drug-likeness (QED) is 0.902. The fourth-order valence-corrected chi connectivity index (χ4v) is 3.27. The van der Waals surface area contributed by atoms with Crippen molar-refractivity contribution in [2.45, 2.75) is 65.0 Å². The Labute approximate surface area is 130 Å². The lowest BCUT2D eigenvalue weighted by Crippen LogP contribution is -2.59. The Bertz CT molecular complexity index is 438. The molecule has 0 saturated carbocycles. The van der Waals surface area contributed by atoms with E-state index in [1.165, 1.54) is 30.5 Å². The van der Waals surface area contributed by atoms with E-state index in [4.69, 9.17) is 0 Å². The van der Waals surface area contributed by atoms with E-state index >= 15 is 0 Å². The lowest BCUT2D eigenvalue weighted by molar-refractivity contribution is 0.118. The lowest BCUT2D eigenvalue weighted by Gasteiger charge is -2.43. The second-order valence-corrected chi connectivity index (χ2v) is 7.57. The predicted octanol–water partition coefficient (Wildman–Crippen LogP) is 3.95. The highest BCUT2D eigenvalue weighted by Crippen LogP contribution is 2.24. The minimum atomic E-state index is 0.243. The Kier molecular flexibility index (Phi) is 5.11. The summed E-state index contributed by atoms with van der Waals surface area (Å²) < 4.78 is 0. The number of hydrogen-bond donors (Lipinski definition) is 1. The van der Waals surface area contributed by atoms with Gasteiger partial charge in [0, 0.05) is 31.7 Å². The molecule has 1 aromatic carbocycles. The van der Waals surface area contributed by atoms with E-state index in [2.05, 4.69) is 69.1 Å². The highest BCUT2D eigenvalue weighted by atomic mass is 15.2. The summed E-state index contributed by atoms with van der Waals surface area (Å²) in [5, 5.41) is 3.74. The third-order valence-corrected chi connectivity index (χ3v) is 5.03. The predicted molar refractivity (Wildman–Crippen MR) is 91.7 cm³/mol. The van der Waals surface area contributed by atoms with Gasteiger partial charge in [0.05, 0.1) is 0 Å². The molecule has 21 heavy (non-hydrogen) atoms. The largest absolute Gasteiger partial charge is 0.309 e. The molecule has 1 aromatic rings. The van der Waals surface area contributed by atoms with E-state index in [1.807, 2.05) is 0 Å². The lowest BCUT2D eigenvalue weighted by atomic mass is 9.86. The molecule has 1 aliphatic heterocycles. The van der Waals surface area contributed by atoms with Crippen molar-refractivity contribution in [3.8, 4) is 0 Å². The monoisotopic (exact) mass is 288 g/mol. The molecule has 0 atom stereocenters. The third-order valence-electron chi connectivity index (χ3n) is 5.03. The fraction of sp³-hybridized carbons (Fsp3) is 0.684. The van der Waals surface area contributed by atoms with Gasteiger partial charge in [-0.25, -0.2) is 0 Å². The van der Waals surface area contributed by atoms with Crippen molar-refractivity contribution >= 4 is 0 Å². The maximum atomic E-state index is 3.74. The zero-order chi connectivity index (χ0) is 15.5. The number of piperazine rings is 1. The van der Waals surface area contributed by atoms with Crippen LogP contribution < -0.4 is 5.32 Å². The molecule has 118 valence electrons. The molecular formula is C19H32N2. The number of benzene rings is 1. The highest BCUT2D eigenvalue weighted by molar-refractivity contribution is 5.27. The molecule has 2 nitrogen and oxygen atoms in total. The molecular weight excluding hydrogens is 256 g/mol. The maximum Gasteiger partial charge on any atom is 0.0304 e. The van der Waals surface area contributed by atoms with E-state index < -0.39 is 0 Å². The molecule has 1 fully saturated rings. The molecule has 0 aromatic heterocycles. The van der Waals surface area contributed by atoms with Gasteiger partial charge in [0.2, 0.25) is 0 Å². The Morgan fingerprint density at radius 3 is 2.24 bits per heavy atom. The average Bonchev–Trinajstić information content (AvgIpc) is 2.47. The van der Waals surface area contributed by atoms with Gasteiger partial charge in [0.25, 0.3) is 0 Å². The van der Waals surface area contributed by atoms with Crippen LogP contribution in [-0.4, -0.2) is 30.1 Å². The second kappa shape index (κ2) is 6.50. The Morgan fingerprint density at radius 1 is 1.10 bits per heavy atom. The summed E-state index contributed by atoms with van der Waals surface area (Å²) >= 11 is 0. The Balaban J connectivity index is 2.01. The molecule has 0 aliphatic carbocycles. The van der Waals surface area contributed by atoms with Crippen LogP contribution in [0.15, 0.2) is 24.3 Å². The Hall–Kier alpha value is -0.860. The standard InChI is InChI=1S/C19H32N2/c1-6-19(7-2)15-21(13-12-20-19)14-16-8-10-17(11-9-16)18(3,4)5/h8-11,20H,6-7,12-15H2,1-5H3. The van der Waals surface area contributed by atoms with Gasteiger partial charge in [-0.05, 0) is 29.4 Å². The van der Waals surface area contributed by atoms with Crippen molar-refractivity contribution < 1.29 is 0 Å². The first-order chi connectivity index (χ1) is 9.88. The Morgan fingerprint density at radius 2 is 1.71 bits per heavy atom. The summed E-state index contributed by atoms with van der Waals surface area (Å²) in [5.41, 5.74) is 3.42. The number of rotatable bonds is 4. The van der Waals surface area contributed by atoms with Crippen molar-refractivity contribution in [3.05, 3.63) is 35.4 Å². The molecule has 2 rings (SSSR count). The van der Waals surface area contributed by atoms with Crippen LogP contribution in [0, 0.1) is 0 Å². The number of hydrogen-bond acceptors (Lipinski definition) is 2. The summed E-state index contributed by atoms with van der Waals surface area (Å²) in [5.74, 6) is 0. The van der Waals surface area contributed by atoms with Crippen molar-refractivity contribution in [1.82, 2.24) is 10.2 Å². The van der Waals surface area contributed by atoms with Gasteiger partial charge in [-0.2, -0.15) is 0 Å². The van der Waals surface area contributed by atoms with Crippen molar-refractivity contribution in [1.29, 1.82) is 0 Å². The number of nitrogens with one attached hydrogen (secondary N) is 1. The molecule has 0 spiro atoms. The molecule has 1 saturated heterocycles. The summed E-state index contributed by atoms with van der Waals surface area (Å²) in [4.78, 5) is 2.61. The van der Waals surface area contributed by atoms with Gasteiger partial charge in [-0.1, -0.05) is 58.9 Å². The van der Waals surface area contributed by atoms with Gasteiger partial charge in [-0.3, -0.25) is 4.90 Å². The van der Waals surface area contributed by atoms with Crippen LogP contribution in [0.3, 0.4) is 0 Å². The van der Waals surface area contributed by atoms with E-state index in [1.54, 1.807) is 0 Å². The van der Waals surface area contributed by atoms with E-state index in [0.717, 1.165) is 19.6 Å². The fourth-order valence-electron chi connectivity index (χ4n) is 3.27. The van der Waals surface area contributed by atoms with Crippen molar-refractivity contribution in [2.24, 2.45) is 0 Å². The van der Waals surface area contributed by atoms with Gasteiger partial charge >= 0.3 is 0 Å². The van der Waals surface area contributed by atoms with Crippen LogP contribution in [0.25, 0.3) is 0 Å². The van der Waals surface area contributed by atoms with E-state index in [9.17, 15) is 0 Å². The normalized spacial score (nSPS) is 19.7. The van der Waals surface area contributed by atoms with Gasteiger partial charge in [0.1, 0.15) is 0 Å². The van der Waals surface area contributed by atoms with Gasteiger partial charge < -0.3 is 5.32 Å². The first-order valence-corrected chi connectivity index (χ1v) is 8.45. The van der Waals surface area contributed by atoms with Crippen LogP contribution in [0.1, 0.15) is 58.6 Å². The van der Waals surface area contributed by atoms with Crippen LogP contribution in [-0.2, 0) is 12.0 Å². The minimum Gasteiger partial charge on any atom is -0.309 e. The minimum absolute atomic E-state index is 0.243. The molecule has 0 radical (unpaired) electrons. The van der Waals surface area contributed by atoms with Gasteiger partial charge in [-0.15, -0.1) is 0 Å². The molecule has 2 heteroatoms. The zero-order valence-corrected chi connectivity index (χ0v) is 14.5. The van der Waals surface area contributed by atoms with Crippen LogP contribution in [0.2, 0.25) is 0 Å². The van der Waals surface area contributed by atoms with Crippen LogP contribution in [0.4, 0.5) is 0 Å². The molecule has 0 unspecified atom stereocenters. The van der Waals surface area contributed by atoms with Crippen molar-refractivity contribution in [3.63, 3.8) is 0 Å². The van der Waals surface area contributed by atoms with Crippen molar-refractivity contribution in [2.75, 3.05) is 19.6 Å². The molecule has 1 N–H and O–H groups in total. The average molecular weight is 288 g/mol. The zero-order valence-electron chi connectivity index (χ0n) is 14.5. The first-order valence-electron chi connectivity index (χ1n) is 8.45. The number of nitrogens with zero attached hydrogens (tertiary/aromatic N) is 1. The van der Waals surface area contributed by atoms with Crippen LogP contribution in [0.5, 0.6) is 0 Å². The highest BCUT2D eigenvalue weighted by Gasteiger charge is 2.31. The molecule has 0 amide bonds. The maximum absolute atomic E-state index is 3.74. The van der Waals surface area contributed by atoms with E-state index in [-0.39, 0.29) is 5.41 Å². The third kappa shape index (κ3) is 4.08. The molecule has 1 aliphatic rings. The molecule has 0 bridgehead atoms. The van der Waals surface area contributed by atoms with E-state index in [0.29, 0.717) is 5.54 Å². The smallest absolute Gasteiger partial charge is 0.0304 e. The SMILES string of the molecule is CCC1(CC)CN(Cc2ccc(C(C)(C)C)cc2)CCN1. The first kappa shape index (κ1) is 16.5. The summed E-state index contributed by atoms with van der Waals surface area (Å²) in [6.45, 7) is 15.9. The van der Waals surface area contributed by atoms with Crippen LogP contribution >= 0.6 is 0 Å². The topological polar surface area (TPSA) is 15.3 Å². The summed E-state index contributed by atoms with van der Waals surface area (Å²) in [6, 6.07) is 9.21. The summed E-state index contributed by atoms with van der Waals surface area (Å²) in [6.07, 6.45) is 2.42.